The van der Waals surface area contributed by atoms with Crippen molar-refractivity contribution >= 4 is 5.96 Å². The minimum atomic E-state index is 0.346. The van der Waals surface area contributed by atoms with Crippen molar-refractivity contribution in [2.24, 2.45) is 16.3 Å². The molecule has 6 heteroatoms. The van der Waals surface area contributed by atoms with Gasteiger partial charge in [0.15, 0.2) is 5.96 Å². The van der Waals surface area contributed by atoms with Crippen LogP contribution in [0.3, 0.4) is 0 Å². The summed E-state index contributed by atoms with van der Waals surface area (Å²) in [6.45, 7) is 8.65. The zero-order chi connectivity index (χ0) is 20.7. The van der Waals surface area contributed by atoms with Crippen molar-refractivity contribution in [1.29, 1.82) is 0 Å². The molecule has 0 amide bonds. The lowest BCUT2D eigenvalue weighted by atomic mass is 9.46. The van der Waals surface area contributed by atoms with Crippen molar-refractivity contribution in [1.82, 2.24) is 20.4 Å². The van der Waals surface area contributed by atoms with Crippen LogP contribution in [0, 0.1) is 25.2 Å². The molecule has 30 heavy (non-hydrogen) atoms. The average Bonchev–Trinajstić information content (AvgIpc) is 3.26. The van der Waals surface area contributed by atoms with E-state index >= 15 is 0 Å². The molecule has 6 nitrogen and oxygen atoms in total. The number of ether oxygens (including phenoxy) is 1. The predicted molar refractivity (Wildman–Crippen MR) is 119 cm³/mol. The van der Waals surface area contributed by atoms with Gasteiger partial charge in [-0.25, -0.2) is 9.67 Å². The molecular weight excluding hydrogens is 374 g/mol. The number of aliphatic imine (C=N–C) groups is 1. The maximum Gasteiger partial charge on any atom is 0.191 e. The molecule has 3 unspecified atom stereocenters. The van der Waals surface area contributed by atoms with E-state index in [4.69, 9.17) is 9.73 Å². The number of guanidine groups is 1. The lowest BCUT2D eigenvalue weighted by Crippen LogP contribution is -2.72. The number of nitrogens with one attached hydrogen (secondary N) is 2. The van der Waals surface area contributed by atoms with Crippen molar-refractivity contribution in [3.8, 4) is 5.69 Å². The van der Waals surface area contributed by atoms with E-state index in [0.717, 1.165) is 36.2 Å². The summed E-state index contributed by atoms with van der Waals surface area (Å²) in [6, 6.07) is 11.0. The van der Waals surface area contributed by atoms with E-state index < -0.39 is 0 Å². The largest absolute Gasteiger partial charge is 0.377 e. The quantitative estimate of drug-likeness (QED) is 0.588. The summed E-state index contributed by atoms with van der Waals surface area (Å²) in [5.41, 5.74) is 4.80. The number of hydrogen-bond donors (Lipinski definition) is 2. The molecule has 0 bridgehead atoms. The molecule has 2 aromatic rings. The highest BCUT2D eigenvalue weighted by Crippen LogP contribution is 2.62. The molecule has 2 heterocycles. The molecule has 2 saturated carbocycles. The van der Waals surface area contributed by atoms with Crippen LogP contribution < -0.4 is 10.6 Å². The Morgan fingerprint density at radius 1 is 1.30 bits per heavy atom. The third-order valence-electron chi connectivity index (χ3n) is 7.31. The number of rotatable bonds is 5. The molecule has 3 atom stereocenters. The highest BCUT2D eigenvalue weighted by atomic mass is 16.5. The van der Waals surface area contributed by atoms with Gasteiger partial charge in [-0.2, -0.15) is 5.10 Å². The van der Waals surface area contributed by atoms with Crippen LogP contribution >= 0.6 is 0 Å². The molecule has 1 spiro atoms. The summed E-state index contributed by atoms with van der Waals surface area (Å²) >= 11 is 0. The van der Waals surface area contributed by atoms with Crippen LogP contribution in [0.2, 0.25) is 0 Å². The number of fused-ring (bicyclic) bond motifs is 2. The number of aryl methyl sites for hydroxylation is 2. The molecule has 2 aliphatic carbocycles. The van der Waals surface area contributed by atoms with Crippen LogP contribution in [-0.4, -0.2) is 41.0 Å². The molecule has 160 valence electrons. The third-order valence-corrected chi connectivity index (χ3v) is 7.31. The maximum absolute atomic E-state index is 6.08. The first-order valence-electron chi connectivity index (χ1n) is 11.4. The standard InChI is InChI=1S/C24H33N5O/c1-4-25-23(27-21-19-10-13-30-22(19)24(21)11-7-12-24)26-15-18-8-5-6-9-20(18)29-17(3)14-16(2)28-29/h5-6,8-9,14,19,21-22H,4,7,10-13,15H2,1-3H3,(H2,25,26,27). The average molecular weight is 408 g/mol. The van der Waals surface area contributed by atoms with Crippen molar-refractivity contribution < 1.29 is 4.74 Å². The highest BCUT2D eigenvalue weighted by molar-refractivity contribution is 5.80. The first-order chi connectivity index (χ1) is 14.6. The Balaban J connectivity index is 1.36. The summed E-state index contributed by atoms with van der Waals surface area (Å²) < 4.78 is 8.10. The van der Waals surface area contributed by atoms with Crippen molar-refractivity contribution in [2.75, 3.05) is 13.2 Å². The zero-order valence-corrected chi connectivity index (χ0v) is 18.3. The number of benzene rings is 1. The monoisotopic (exact) mass is 407 g/mol. The van der Waals surface area contributed by atoms with Gasteiger partial charge < -0.3 is 15.4 Å². The van der Waals surface area contributed by atoms with Crippen molar-refractivity contribution in [3.05, 3.63) is 47.3 Å². The summed E-state index contributed by atoms with van der Waals surface area (Å²) in [5.74, 6) is 1.55. The molecule has 0 radical (unpaired) electrons. The number of para-hydroxylation sites is 1. The molecule has 2 N–H and O–H groups in total. The van der Waals surface area contributed by atoms with Gasteiger partial charge in [0.1, 0.15) is 0 Å². The second-order valence-corrected chi connectivity index (χ2v) is 9.12. The second kappa shape index (κ2) is 7.73. The second-order valence-electron chi connectivity index (χ2n) is 9.12. The number of hydrogen-bond acceptors (Lipinski definition) is 3. The van der Waals surface area contributed by atoms with E-state index in [9.17, 15) is 0 Å². The summed E-state index contributed by atoms with van der Waals surface area (Å²) in [6.07, 6.45) is 5.54. The Morgan fingerprint density at radius 3 is 2.83 bits per heavy atom. The Labute approximate surface area is 179 Å². The lowest BCUT2D eigenvalue weighted by Gasteiger charge is -2.63. The van der Waals surface area contributed by atoms with Crippen LogP contribution in [0.1, 0.15) is 49.6 Å². The Bertz CT molecular complexity index is 945. The highest BCUT2D eigenvalue weighted by Gasteiger charge is 2.66. The van der Waals surface area contributed by atoms with E-state index in [1.165, 1.54) is 31.2 Å². The topological polar surface area (TPSA) is 63.5 Å². The Hall–Kier alpha value is -2.34. The van der Waals surface area contributed by atoms with Crippen LogP contribution in [-0.2, 0) is 11.3 Å². The molecule has 3 fully saturated rings. The van der Waals surface area contributed by atoms with Crippen molar-refractivity contribution in [2.45, 2.75) is 65.1 Å². The van der Waals surface area contributed by atoms with Gasteiger partial charge in [-0.05, 0) is 57.7 Å². The normalized spacial score (nSPS) is 26.8. The minimum Gasteiger partial charge on any atom is -0.377 e. The van der Waals surface area contributed by atoms with Gasteiger partial charge >= 0.3 is 0 Å². The molecular formula is C24H33N5O. The van der Waals surface area contributed by atoms with Gasteiger partial charge in [0, 0.05) is 36.2 Å². The van der Waals surface area contributed by atoms with Gasteiger partial charge in [0.2, 0.25) is 0 Å². The Kier molecular flexibility index (Phi) is 5.05. The number of nitrogens with zero attached hydrogens (tertiary/aromatic N) is 3. The molecule has 1 aromatic heterocycles. The molecule has 1 aliphatic heterocycles. The molecule has 1 aromatic carbocycles. The fourth-order valence-corrected chi connectivity index (χ4v) is 5.81. The van der Waals surface area contributed by atoms with E-state index in [1.807, 2.05) is 11.6 Å². The van der Waals surface area contributed by atoms with E-state index in [-0.39, 0.29) is 0 Å². The minimum absolute atomic E-state index is 0.346. The first-order valence-corrected chi connectivity index (χ1v) is 11.4. The SMILES string of the molecule is CCNC(=NCc1ccccc1-n1nc(C)cc1C)NC1C2CCOC2C12CCC2. The molecule has 5 rings (SSSR count). The summed E-state index contributed by atoms with van der Waals surface area (Å²) in [4.78, 5) is 4.98. The van der Waals surface area contributed by atoms with Gasteiger partial charge in [-0.1, -0.05) is 24.6 Å². The van der Waals surface area contributed by atoms with E-state index in [1.54, 1.807) is 0 Å². The van der Waals surface area contributed by atoms with Gasteiger partial charge in [-0.3, -0.25) is 0 Å². The maximum atomic E-state index is 6.08. The lowest BCUT2D eigenvalue weighted by molar-refractivity contribution is -0.171. The molecule has 3 aliphatic rings. The van der Waals surface area contributed by atoms with Crippen LogP contribution in [0.5, 0.6) is 0 Å². The van der Waals surface area contributed by atoms with Gasteiger partial charge in [0.25, 0.3) is 0 Å². The van der Waals surface area contributed by atoms with E-state index in [0.29, 0.717) is 30.0 Å². The molecule has 1 saturated heterocycles. The van der Waals surface area contributed by atoms with E-state index in [2.05, 4.69) is 59.9 Å². The fraction of sp³-hybridized carbons (Fsp3) is 0.583. The third kappa shape index (κ3) is 3.13. The zero-order valence-electron chi connectivity index (χ0n) is 18.3. The smallest absolute Gasteiger partial charge is 0.191 e. The predicted octanol–water partition coefficient (Wildman–Crippen LogP) is 3.50. The number of aromatic nitrogens is 2. The summed E-state index contributed by atoms with van der Waals surface area (Å²) in [7, 11) is 0. The van der Waals surface area contributed by atoms with Gasteiger partial charge in [0.05, 0.1) is 24.0 Å². The van der Waals surface area contributed by atoms with Crippen LogP contribution in [0.25, 0.3) is 5.69 Å². The summed E-state index contributed by atoms with van der Waals surface area (Å²) in [5, 5.41) is 11.9. The first kappa shape index (κ1) is 19.6. The van der Waals surface area contributed by atoms with Crippen LogP contribution in [0.4, 0.5) is 0 Å². The van der Waals surface area contributed by atoms with Crippen LogP contribution in [0.15, 0.2) is 35.3 Å². The Morgan fingerprint density at radius 2 is 2.13 bits per heavy atom. The fourth-order valence-electron chi connectivity index (χ4n) is 5.81. The van der Waals surface area contributed by atoms with Crippen molar-refractivity contribution in [3.63, 3.8) is 0 Å². The van der Waals surface area contributed by atoms with Gasteiger partial charge in [-0.15, -0.1) is 0 Å².